The summed E-state index contributed by atoms with van der Waals surface area (Å²) >= 11 is 0. The molecule has 2 amide bonds. The van der Waals surface area contributed by atoms with E-state index in [1.165, 1.54) is 0 Å². The van der Waals surface area contributed by atoms with Gasteiger partial charge in [0.15, 0.2) is 0 Å². The van der Waals surface area contributed by atoms with Crippen molar-refractivity contribution in [3.05, 3.63) is 0 Å². The Kier molecular flexibility index (Phi) is 2.62. The van der Waals surface area contributed by atoms with Gasteiger partial charge in [-0.1, -0.05) is 0 Å². The van der Waals surface area contributed by atoms with Gasteiger partial charge in [-0.3, -0.25) is 0 Å². The number of carbonyl (C=O) groups is 1. The van der Waals surface area contributed by atoms with Crippen molar-refractivity contribution in [1.82, 2.24) is 10.2 Å². The monoisotopic (exact) mass is 164 g/mol. The SMILES string of the molecule is O=C1NCCCN1CC(F)F. The molecule has 0 atom stereocenters. The van der Waals surface area contributed by atoms with Crippen LogP contribution in [0.4, 0.5) is 13.6 Å². The summed E-state index contributed by atoms with van der Waals surface area (Å²) < 4.78 is 23.5. The average molecular weight is 164 g/mol. The van der Waals surface area contributed by atoms with Gasteiger partial charge < -0.3 is 10.2 Å². The molecule has 0 bridgehead atoms. The molecule has 0 aromatic heterocycles. The van der Waals surface area contributed by atoms with E-state index in [1.54, 1.807) is 0 Å². The Morgan fingerprint density at radius 1 is 1.64 bits per heavy atom. The van der Waals surface area contributed by atoms with E-state index in [0.717, 1.165) is 11.3 Å². The Bertz CT molecular complexity index is 152. The van der Waals surface area contributed by atoms with Crippen molar-refractivity contribution < 1.29 is 13.6 Å². The molecule has 1 N–H and O–H groups in total. The van der Waals surface area contributed by atoms with Crippen molar-refractivity contribution in [3.8, 4) is 0 Å². The minimum atomic E-state index is -2.43. The number of alkyl halides is 2. The fourth-order valence-corrected chi connectivity index (χ4v) is 1.02. The Labute approximate surface area is 63.4 Å². The van der Waals surface area contributed by atoms with Crippen LogP contribution >= 0.6 is 0 Å². The number of hydrogen-bond acceptors (Lipinski definition) is 1. The van der Waals surface area contributed by atoms with E-state index in [0.29, 0.717) is 13.1 Å². The molecule has 3 nitrogen and oxygen atoms in total. The highest BCUT2D eigenvalue weighted by atomic mass is 19.3. The zero-order chi connectivity index (χ0) is 8.27. The van der Waals surface area contributed by atoms with E-state index in [2.05, 4.69) is 5.32 Å². The Balaban J connectivity index is 2.36. The molecule has 1 heterocycles. The molecule has 1 saturated heterocycles. The second kappa shape index (κ2) is 3.50. The highest BCUT2D eigenvalue weighted by molar-refractivity contribution is 5.74. The van der Waals surface area contributed by atoms with Crippen molar-refractivity contribution in [1.29, 1.82) is 0 Å². The van der Waals surface area contributed by atoms with Crippen molar-refractivity contribution in [2.45, 2.75) is 12.8 Å². The summed E-state index contributed by atoms with van der Waals surface area (Å²) in [5.74, 6) is 0. The van der Waals surface area contributed by atoms with Gasteiger partial charge in [0.25, 0.3) is 6.43 Å². The van der Waals surface area contributed by atoms with Crippen molar-refractivity contribution in [2.24, 2.45) is 0 Å². The summed E-state index contributed by atoms with van der Waals surface area (Å²) in [6.45, 7) is 0.584. The first-order chi connectivity index (χ1) is 5.20. The highest BCUT2D eigenvalue weighted by Gasteiger charge is 2.20. The van der Waals surface area contributed by atoms with Crippen molar-refractivity contribution in [2.75, 3.05) is 19.6 Å². The van der Waals surface area contributed by atoms with E-state index in [4.69, 9.17) is 0 Å². The van der Waals surface area contributed by atoms with Crippen LogP contribution in [0.25, 0.3) is 0 Å². The van der Waals surface area contributed by atoms with Crippen LogP contribution in [0.5, 0.6) is 0 Å². The van der Waals surface area contributed by atoms with Crippen LogP contribution in [0.3, 0.4) is 0 Å². The molecule has 0 saturated carbocycles. The first kappa shape index (κ1) is 8.23. The van der Waals surface area contributed by atoms with E-state index >= 15 is 0 Å². The smallest absolute Gasteiger partial charge is 0.317 e. The number of hydrogen-bond donors (Lipinski definition) is 1. The number of urea groups is 1. The Morgan fingerprint density at radius 3 is 2.91 bits per heavy atom. The van der Waals surface area contributed by atoms with Gasteiger partial charge in [-0.05, 0) is 6.42 Å². The fraction of sp³-hybridized carbons (Fsp3) is 0.833. The molecule has 64 valence electrons. The molecule has 1 aliphatic rings. The third-order valence-electron chi connectivity index (χ3n) is 1.53. The van der Waals surface area contributed by atoms with Gasteiger partial charge in [0, 0.05) is 13.1 Å². The molecule has 0 aromatic carbocycles. The zero-order valence-corrected chi connectivity index (χ0v) is 6.02. The minimum Gasteiger partial charge on any atom is -0.338 e. The van der Waals surface area contributed by atoms with Crippen LogP contribution in [0.15, 0.2) is 0 Å². The van der Waals surface area contributed by atoms with Gasteiger partial charge in [0.1, 0.15) is 0 Å². The van der Waals surface area contributed by atoms with E-state index in [9.17, 15) is 13.6 Å². The van der Waals surface area contributed by atoms with Crippen LogP contribution < -0.4 is 5.32 Å². The summed E-state index contributed by atoms with van der Waals surface area (Å²) in [6, 6.07) is -0.378. The van der Waals surface area contributed by atoms with Crippen molar-refractivity contribution >= 4 is 6.03 Å². The van der Waals surface area contributed by atoms with Gasteiger partial charge in [-0.15, -0.1) is 0 Å². The van der Waals surface area contributed by atoms with E-state index in [1.807, 2.05) is 0 Å². The van der Waals surface area contributed by atoms with Crippen LogP contribution in [0.2, 0.25) is 0 Å². The van der Waals surface area contributed by atoms with Gasteiger partial charge in [-0.2, -0.15) is 0 Å². The molecular weight excluding hydrogens is 154 g/mol. The second-order valence-corrected chi connectivity index (χ2v) is 2.42. The predicted molar refractivity (Wildman–Crippen MR) is 35.6 cm³/mol. The average Bonchev–Trinajstić information content (AvgIpc) is 1.93. The maximum atomic E-state index is 11.8. The highest BCUT2D eigenvalue weighted by Crippen LogP contribution is 2.02. The molecule has 1 aliphatic heterocycles. The number of halogens is 2. The Hall–Kier alpha value is -0.870. The lowest BCUT2D eigenvalue weighted by Gasteiger charge is -2.26. The van der Waals surface area contributed by atoms with Crippen LogP contribution in [-0.4, -0.2) is 37.0 Å². The number of nitrogens with zero attached hydrogens (tertiary/aromatic N) is 1. The van der Waals surface area contributed by atoms with Crippen molar-refractivity contribution in [3.63, 3.8) is 0 Å². The lowest BCUT2D eigenvalue weighted by Crippen LogP contribution is -2.48. The lowest BCUT2D eigenvalue weighted by atomic mass is 10.3. The normalized spacial score (nSPS) is 18.8. The number of carbonyl (C=O) groups excluding carboxylic acids is 1. The van der Waals surface area contributed by atoms with Gasteiger partial charge >= 0.3 is 6.03 Å². The Morgan fingerprint density at radius 2 is 2.36 bits per heavy atom. The van der Waals surface area contributed by atoms with Crippen LogP contribution in [0, 0.1) is 0 Å². The minimum absolute atomic E-state index is 0.378. The molecule has 1 fully saturated rings. The molecular formula is C6H10F2N2O. The second-order valence-electron chi connectivity index (χ2n) is 2.42. The summed E-state index contributed by atoms with van der Waals surface area (Å²) in [6.07, 6.45) is -1.68. The molecule has 0 spiro atoms. The van der Waals surface area contributed by atoms with E-state index in [-0.39, 0.29) is 6.03 Å². The lowest BCUT2D eigenvalue weighted by molar-refractivity contribution is 0.0931. The zero-order valence-electron chi connectivity index (χ0n) is 6.02. The maximum Gasteiger partial charge on any atom is 0.317 e. The standard InChI is InChI=1S/C6H10F2N2O/c7-5(8)4-10-3-1-2-9-6(10)11/h5H,1-4H2,(H,9,11). The topological polar surface area (TPSA) is 32.3 Å². The predicted octanol–water partition coefficient (Wildman–Crippen LogP) is 0.667. The number of rotatable bonds is 2. The fourth-order valence-electron chi connectivity index (χ4n) is 1.02. The summed E-state index contributed by atoms with van der Waals surface area (Å²) in [7, 11) is 0. The van der Waals surface area contributed by atoms with E-state index < -0.39 is 13.0 Å². The summed E-state index contributed by atoms with van der Waals surface area (Å²) in [5.41, 5.74) is 0. The van der Waals surface area contributed by atoms with Crippen LogP contribution in [-0.2, 0) is 0 Å². The third-order valence-corrected chi connectivity index (χ3v) is 1.53. The quantitative estimate of drug-likeness (QED) is 0.639. The van der Waals surface area contributed by atoms with Gasteiger partial charge in [0.05, 0.1) is 6.54 Å². The summed E-state index contributed by atoms with van der Waals surface area (Å²) in [4.78, 5) is 11.9. The maximum absolute atomic E-state index is 11.8. The number of amides is 2. The molecule has 11 heavy (non-hydrogen) atoms. The summed E-state index contributed by atoms with van der Waals surface area (Å²) in [5, 5.41) is 2.49. The molecule has 0 aliphatic carbocycles. The molecule has 5 heteroatoms. The molecule has 1 rings (SSSR count). The largest absolute Gasteiger partial charge is 0.338 e. The molecule has 0 aromatic rings. The van der Waals surface area contributed by atoms with Gasteiger partial charge in [0.2, 0.25) is 0 Å². The van der Waals surface area contributed by atoms with Crippen LogP contribution in [0.1, 0.15) is 6.42 Å². The third kappa shape index (κ3) is 2.32. The molecule has 0 radical (unpaired) electrons. The first-order valence-electron chi connectivity index (χ1n) is 3.51. The first-order valence-corrected chi connectivity index (χ1v) is 3.51. The number of nitrogens with one attached hydrogen (secondary N) is 1. The van der Waals surface area contributed by atoms with Gasteiger partial charge in [-0.25, -0.2) is 13.6 Å². The molecule has 0 unspecified atom stereocenters.